The van der Waals surface area contributed by atoms with Crippen LogP contribution in [0.5, 0.6) is 0 Å². The van der Waals surface area contributed by atoms with Crippen molar-refractivity contribution in [3.8, 4) is 0 Å². The molecular weight excluding hydrogens is 394 g/mol. The summed E-state index contributed by atoms with van der Waals surface area (Å²) in [5, 5.41) is 2.51. The number of ether oxygens (including phenoxy) is 2. The Balaban J connectivity index is 2.57. The average molecular weight is 434 g/mol. The maximum absolute atomic E-state index is 12.6. The molecule has 6 heteroatoms. The van der Waals surface area contributed by atoms with Gasteiger partial charge in [0.2, 0.25) is 11.4 Å². The summed E-state index contributed by atoms with van der Waals surface area (Å²) in [5.41, 5.74) is 0.940. The number of aryl methyl sites for hydroxylation is 2. The number of carbonyl (C=O) groups is 3. The second-order valence-corrected chi connectivity index (χ2v) is 7.86. The fraction of sp³-hybridized carbons (Fsp3) is 0.640. The normalized spacial score (nSPS) is 11.1. The van der Waals surface area contributed by atoms with Crippen molar-refractivity contribution in [1.29, 1.82) is 0 Å². The second kappa shape index (κ2) is 14.6. The van der Waals surface area contributed by atoms with Gasteiger partial charge in [0, 0.05) is 6.92 Å². The van der Waals surface area contributed by atoms with E-state index >= 15 is 0 Å². The molecule has 174 valence electrons. The number of unbranched alkanes of at least 4 members (excludes halogenated alkanes) is 4. The SMILES string of the molecule is CCCCc1ccc(CCCCCCC(NC(C)=O)(C(=O)OCC)C(=O)OCC)cc1. The van der Waals surface area contributed by atoms with E-state index in [9.17, 15) is 14.4 Å². The van der Waals surface area contributed by atoms with Gasteiger partial charge in [-0.1, -0.05) is 50.5 Å². The van der Waals surface area contributed by atoms with Crippen molar-refractivity contribution in [2.45, 2.75) is 91.0 Å². The van der Waals surface area contributed by atoms with Gasteiger partial charge in [-0.05, 0) is 63.5 Å². The smallest absolute Gasteiger partial charge is 0.343 e. The summed E-state index contributed by atoms with van der Waals surface area (Å²) in [6.45, 7) is 7.05. The molecule has 0 saturated carbocycles. The Labute approximate surface area is 187 Å². The first-order chi connectivity index (χ1) is 14.9. The van der Waals surface area contributed by atoms with Crippen molar-refractivity contribution in [3.05, 3.63) is 35.4 Å². The molecule has 0 unspecified atom stereocenters. The molecule has 31 heavy (non-hydrogen) atoms. The molecule has 0 atom stereocenters. The van der Waals surface area contributed by atoms with Gasteiger partial charge in [-0.3, -0.25) is 4.79 Å². The fourth-order valence-electron chi connectivity index (χ4n) is 3.59. The van der Waals surface area contributed by atoms with Crippen LogP contribution in [-0.4, -0.2) is 36.6 Å². The number of rotatable bonds is 15. The highest BCUT2D eigenvalue weighted by Gasteiger charge is 2.49. The van der Waals surface area contributed by atoms with Crippen LogP contribution in [0.25, 0.3) is 0 Å². The number of amides is 1. The van der Waals surface area contributed by atoms with E-state index < -0.39 is 23.4 Å². The van der Waals surface area contributed by atoms with Crippen LogP contribution >= 0.6 is 0 Å². The van der Waals surface area contributed by atoms with Gasteiger partial charge < -0.3 is 14.8 Å². The highest BCUT2D eigenvalue weighted by atomic mass is 16.6. The molecule has 0 radical (unpaired) electrons. The van der Waals surface area contributed by atoms with E-state index in [0.29, 0.717) is 6.42 Å². The van der Waals surface area contributed by atoms with Crippen molar-refractivity contribution < 1.29 is 23.9 Å². The highest BCUT2D eigenvalue weighted by Crippen LogP contribution is 2.21. The van der Waals surface area contributed by atoms with Gasteiger partial charge in [0.15, 0.2) is 0 Å². The summed E-state index contributed by atoms with van der Waals surface area (Å²) in [7, 11) is 0. The number of hydrogen-bond donors (Lipinski definition) is 1. The lowest BCUT2D eigenvalue weighted by Crippen LogP contribution is -2.61. The van der Waals surface area contributed by atoms with E-state index in [-0.39, 0.29) is 19.6 Å². The average Bonchev–Trinajstić information content (AvgIpc) is 2.74. The number of esters is 2. The van der Waals surface area contributed by atoms with E-state index in [1.54, 1.807) is 13.8 Å². The van der Waals surface area contributed by atoms with Crippen LogP contribution in [0.2, 0.25) is 0 Å². The number of benzene rings is 1. The van der Waals surface area contributed by atoms with Crippen LogP contribution in [0.4, 0.5) is 0 Å². The lowest BCUT2D eigenvalue weighted by atomic mass is 9.91. The maximum Gasteiger partial charge on any atom is 0.343 e. The minimum Gasteiger partial charge on any atom is -0.464 e. The Kier molecular flexibility index (Phi) is 12.6. The maximum atomic E-state index is 12.6. The van der Waals surface area contributed by atoms with Gasteiger partial charge in [-0.15, -0.1) is 0 Å². The lowest BCUT2D eigenvalue weighted by molar-refractivity contribution is -0.168. The molecule has 0 fully saturated rings. The van der Waals surface area contributed by atoms with Gasteiger partial charge >= 0.3 is 11.9 Å². The zero-order valence-electron chi connectivity index (χ0n) is 19.6. The third kappa shape index (κ3) is 9.11. The Bertz CT molecular complexity index is 666. The molecule has 0 aliphatic rings. The zero-order valence-corrected chi connectivity index (χ0v) is 19.6. The van der Waals surface area contributed by atoms with Gasteiger partial charge in [-0.2, -0.15) is 0 Å². The Morgan fingerprint density at radius 3 is 1.71 bits per heavy atom. The van der Waals surface area contributed by atoms with Crippen LogP contribution in [0, 0.1) is 0 Å². The minimum absolute atomic E-state index is 0.122. The Morgan fingerprint density at radius 1 is 0.774 bits per heavy atom. The molecule has 0 spiro atoms. The molecule has 6 nitrogen and oxygen atoms in total. The predicted molar refractivity (Wildman–Crippen MR) is 122 cm³/mol. The van der Waals surface area contributed by atoms with Crippen molar-refractivity contribution in [3.63, 3.8) is 0 Å². The first kappa shape index (κ1) is 26.7. The van der Waals surface area contributed by atoms with Crippen molar-refractivity contribution in [1.82, 2.24) is 5.32 Å². The fourth-order valence-corrected chi connectivity index (χ4v) is 3.59. The highest BCUT2D eigenvalue weighted by molar-refractivity contribution is 6.07. The summed E-state index contributed by atoms with van der Waals surface area (Å²) in [5.74, 6) is -1.98. The second-order valence-electron chi connectivity index (χ2n) is 7.86. The topological polar surface area (TPSA) is 81.7 Å². The molecule has 1 aromatic carbocycles. The Hall–Kier alpha value is -2.37. The molecule has 0 aromatic heterocycles. The summed E-state index contributed by atoms with van der Waals surface area (Å²) in [6, 6.07) is 8.83. The standard InChI is InChI=1S/C25H39NO5/c1-5-8-13-21-15-17-22(18-16-21)14-11-9-10-12-19-25(26-20(4)27,23(28)30-6-2)24(29)31-7-3/h15-18H,5-14,19H2,1-4H3,(H,26,27). The lowest BCUT2D eigenvalue weighted by Gasteiger charge is -2.29. The molecule has 1 aromatic rings. The number of carbonyl (C=O) groups excluding carboxylic acids is 3. The third-order valence-electron chi connectivity index (χ3n) is 5.25. The third-order valence-corrected chi connectivity index (χ3v) is 5.25. The van der Waals surface area contributed by atoms with E-state index in [2.05, 4.69) is 36.5 Å². The monoisotopic (exact) mass is 433 g/mol. The van der Waals surface area contributed by atoms with Crippen LogP contribution in [0.3, 0.4) is 0 Å². The van der Waals surface area contributed by atoms with Crippen molar-refractivity contribution in [2.24, 2.45) is 0 Å². The van der Waals surface area contributed by atoms with E-state index in [4.69, 9.17) is 9.47 Å². The minimum atomic E-state index is -1.77. The predicted octanol–water partition coefficient (Wildman–Crippen LogP) is 4.52. The first-order valence-electron chi connectivity index (χ1n) is 11.6. The van der Waals surface area contributed by atoms with E-state index in [1.165, 1.54) is 30.9 Å². The molecule has 1 N–H and O–H groups in total. The molecule has 1 rings (SSSR count). The largest absolute Gasteiger partial charge is 0.464 e. The molecule has 0 heterocycles. The van der Waals surface area contributed by atoms with E-state index in [1.807, 2.05) is 0 Å². The molecule has 0 bridgehead atoms. The summed E-state index contributed by atoms with van der Waals surface area (Å²) in [6.07, 6.45) is 8.17. The van der Waals surface area contributed by atoms with Gasteiger partial charge in [-0.25, -0.2) is 9.59 Å². The molecule has 0 saturated heterocycles. The summed E-state index contributed by atoms with van der Waals surface area (Å²) in [4.78, 5) is 36.9. The number of hydrogen-bond acceptors (Lipinski definition) is 5. The summed E-state index contributed by atoms with van der Waals surface area (Å²) < 4.78 is 10.2. The Morgan fingerprint density at radius 2 is 1.26 bits per heavy atom. The molecular formula is C25H39NO5. The number of nitrogens with one attached hydrogen (secondary N) is 1. The van der Waals surface area contributed by atoms with Gasteiger partial charge in [0.25, 0.3) is 0 Å². The van der Waals surface area contributed by atoms with Crippen LogP contribution < -0.4 is 5.32 Å². The van der Waals surface area contributed by atoms with E-state index in [0.717, 1.165) is 32.1 Å². The molecule has 0 aliphatic carbocycles. The van der Waals surface area contributed by atoms with Crippen molar-refractivity contribution >= 4 is 17.8 Å². The van der Waals surface area contributed by atoms with Crippen LogP contribution in [0.1, 0.15) is 83.8 Å². The summed E-state index contributed by atoms with van der Waals surface area (Å²) >= 11 is 0. The molecule has 1 amide bonds. The molecule has 0 aliphatic heterocycles. The van der Waals surface area contributed by atoms with Crippen molar-refractivity contribution in [2.75, 3.05) is 13.2 Å². The van der Waals surface area contributed by atoms with Gasteiger partial charge in [0.05, 0.1) is 13.2 Å². The first-order valence-corrected chi connectivity index (χ1v) is 11.6. The van der Waals surface area contributed by atoms with Crippen LogP contribution in [0.15, 0.2) is 24.3 Å². The van der Waals surface area contributed by atoms with Crippen LogP contribution in [-0.2, 0) is 36.7 Å². The van der Waals surface area contributed by atoms with Gasteiger partial charge in [0.1, 0.15) is 0 Å². The quantitative estimate of drug-likeness (QED) is 0.250. The zero-order chi connectivity index (χ0) is 23.1.